The number of aliphatic carboxylic acids is 1. The fourth-order valence-corrected chi connectivity index (χ4v) is 6.42. The predicted molar refractivity (Wildman–Crippen MR) is 218 cm³/mol. The highest BCUT2D eigenvalue weighted by Crippen LogP contribution is 2.20. The molecule has 0 aliphatic heterocycles. The number of carboxylic acid groups (broad SMARTS) is 1. The van der Waals surface area contributed by atoms with Gasteiger partial charge in [0.2, 0.25) is 29.5 Å². The Balaban J connectivity index is 1.54. The van der Waals surface area contributed by atoms with Crippen LogP contribution in [-0.4, -0.2) is 94.3 Å². The van der Waals surface area contributed by atoms with E-state index in [1.807, 2.05) is 43.3 Å². The number of aromatic nitrogens is 1. The Bertz CT molecular complexity index is 2070. The molecule has 0 bridgehead atoms. The lowest BCUT2D eigenvalue weighted by molar-refractivity contribution is -0.147. The molecule has 0 saturated heterocycles. The summed E-state index contributed by atoms with van der Waals surface area (Å²) in [5.41, 5.74) is 9.41. The zero-order valence-corrected chi connectivity index (χ0v) is 32.9. The number of aromatic amines is 1. The number of nitrogens with zero attached hydrogens (tertiary/aromatic N) is 1. The Morgan fingerprint density at radius 1 is 0.793 bits per heavy atom. The van der Waals surface area contributed by atoms with Gasteiger partial charge in [-0.15, -0.1) is 0 Å². The van der Waals surface area contributed by atoms with E-state index in [2.05, 4.69) is 31.6 Å². The lowest BCUT2D eigenvalue weighted by atomic mass is 10.0. The summed E-state index contributed by atoms with van der Waals surface area (Å²) in [5, 5.41) is 24.2. The third-order valence-electron chi connectivity index (χ3n) is 9.71. The van der Waals surface area contributed by atoms with Gasteiger partial charge in [0.25, 0.3) is 0 Å². The number of nitrogens with one attached hydrogen (secondary N) is 6. The topological polar surface area (TPSA) is 245 Å². The van der Waals surface area contributed by atoms with E-state index in [1.165, 1.54) is 7.05 Å². The van der Waals surface area contributed by atoms with Gasteiger partial charge >= 0.3 is 12.0 Å². The summed E-state index contributed by atoms with van der Waals surface area (Å²) in [6, 6.07) is 17.9. The number of H-pyrrole nitrogens is 1. The number of likely N-dealkylation sites (N-methyl/N-ethyl adjacent to an activating group) is 1. The first kappa shape index (κ1) is 44.0. The number of amides is 7. The van der Waals surface area contributed by atoms with Crippen molar-refractivity contribution in [3.8, 4) is 0 Å². The van der Waals surface area contributed by atoms with Gasteiger partial charge in [-0.3, -0.25) is 28.8 Å². The van der Waals surface area contributed by atoms with Crippen molar-refractivity contribution < 1.29 is 38.7 Å². The summed E-state index contributed by atoms with van der Waals surface area (Å²) in [6.45, 7) is 3.73. The summed E-state index contributed by atoms with van der Waals surface area (Å²) >= 11 is 0. The summed E-state index contributed by atoms with van der Waals surface area (Å²) in [5.74, 6) is -5.04. The number of unbranched alkanes of at least 4 members (excludes halogenated alkanes) is 1. The minimum absolute atomic E-state index is 0.0242. The van der Waals surface area contributed by atoms with Crippen LogP contribution in [0.2, 0.25) is 0 Å². The first-order valence-electron chi connectivity index (χ1n) is 19.1. The quantitative estimate of drug-likeness (QED) is 0.0582. The van der Waals surface area contributed by atoms with E-state index in [-0.39, 0.29) is 32.2 Å². The molecule has 4 aromatic rings. The van der Waals surface area contributed by atoms with Gasteiger partial charge in [-0.25, -0.2) is 4.79 Å². The van der Waals surface area contributed by atoms with E-state index >= 15 is 0 Å². The second kappa shape index (κ2) is 21.6. The number of carboxylic acids is 1. The van der Waals surface area contributed by atoms with Gasteiger partial charge in [0.1, 0.15) is 24.2 Å². The fourth-order valence-electron chi connectivity index (χ4n) is 6.42. The number of para-hydroxylation sites is 2. The molecule has 1 heterocycles. The number of urea groups is 1. The fraction of sp³-hybridized carbons (Fsp3) is 0.357. The van der Waals surface area contributed by atoms with E-state index in [4.69, 9.17) is 5.73 Å². The number of carbonyl (C=O) groups excluding carboxylic acids is 6. The van der Waals surface area contributed by atoms with E-state index in [0.29, 0.717) is 24.1 Å². The van der Waals surface area contributed by atoms with Gasteiger partial charge in [0.05, 0.1) is 6.42 Å². The van der Waals surface area contributed by atoms with Crippen LogP contribution in [0.1, 0.15) is 55.7 Å². The van der Waals surface area contributed by atoms with Crippen molar-refractivity contribution in [3.05, 3.63) is 102 Å². The van der Waals surface area contributed by atoms with Crippen LogP contribution in [0, 0.1) is 6.92 Å². The van der Waals surface area contributed by atoms with E-state index < -0.39 is 72.1 Å². The maximum absolute atomic E-state index is 14.3. The average molecular weight is 797 g/mol. The molecule has 4 atom stereocenters. The maximum Gasteiger partial charge on any atom is 0.319 e. The Morgan fingerprint density at radius 2 is 1.47 bits per heavy atom. The number of fused-ring (bicyclic) bond motifs is 1. The molecule has 0 radical (unpaired) electrons. The number of rotatable bonds is 21. The molecule has 0 fully saturated rings. The molecule has 0 spiro atoms. The van der Waals surface area contributed by atoms with Crippen LogP contribution in [0.25, 0.3) is 10.9 Å². The minimum Gasteiger partial charge on any atom is -0.481 e. The standard InChI is InChI=1S/C42H52N8O8/c1-4-36(51)46-34(23-28-25-45-31-19-11-9-17-29(28)31)39(55)47-32(20-12-13-21-44-42(58)49-30-18-10-8-14-26(30)2)41(57)50(3)35(24-37(52)53)40(56)48-33(38(43)54)22-27-15-6-5-7-16-27/h5-11,14-19,25,32-35,45H,4,12-13,20-24H2,1-3H3,(H2,43,54)(H,46,51)(H,47,55)(H,48,56)(H,52,53)(H2,44,49,58)/t32-,33-,34-,35-/m0/s1. The molecule has 16 heteroatoms. The van der Waals surface area contributed by atoms with E-state index in [9.17, 15) is 38.7 Å². The van der Waals surface area contributed by atoms with Gasteiger partial charge in [0.15, 0.2) is 0 Å². The second-order valence-electron chi connectivity index (χ2n) is 14.0. The molecule has 0 unspecified atom stereocenters. The molecule has 3 aromatic carbocycles. The molecule has 0 aliphatic carbocycles. The summed E-state index contributed by atoms with van der Waals surface area (Å²) in [7, 11) is 1.24. The summed E-state index contributed by atoms with van der Waals surface area (Å²) in [4.78, 5) is 95.7. The summed E-state index contributed by atoms with van der Waals surface area (Å²) < 4.78 is 0. The lowest BCUT2D eigenvalue weighted by Gasteiger charge is -2.32. The molecule has 4 rings (SSSR count). The number of hydrogen-bond donors (Lipinski definition) is 8. The number of anilines is 1. The third kappa shape index (κ3) is 12.9. The number of carbonyl (C=O) groups is 7. The highest BCUT2D eigenvalue weighted by Gasteiger charge is 2.36. The molecule has 0 aliphatic rings. The zero-order valence-electron chi connectivity index (χ0n) is 32.9. The monoisotopic (exact) mass is 796 g/mol. The van der Waals surface area contributed by atoms with Crippen LogP contribution in [0.15, 0.2) is 85.1 Å². The molecule has 1 aromatic heterocycles. The third-order valence-corrected chi connectivity index (χ3v) is 9.71. The van der Waals surface area contributed by atoms with Crippen LogP contribution in [0.4, 0.5) is 10.5 Å². The minimum atomic E-state index is -1.60. The Hall–Kier alpha value is -6.71. The Kier molecular flexibility index (Phi) is 16.4. The van der Waals surface area contributed by atoms with E-state index in [0.717, 1.165) is 26.9 Å². The number of nitrogens with two attached hydrogens (primary N) is 1. The SMILES string of the molecule is CCC(=O)N[C@@H](Cc1c[nH]c2ccccc12)C(=O)N[C@@H](CCCCNC(=O)Nc1ccccc1C)C(=O)N(C)[C@@H](CC(=O)O)C(=O)N[C@@H](Cc1ccccc1)C(N)=O. The molecule has 0 saturated carbocycles. The van der Waals surface area contributed by atoms with Crippen molar-refractivity contribution in [2.24, 2.45) is 5.73 Å². The summed E-state index contributed by atoms with van der Waals surface area (Å²) in [6.07, 6.45) is 1.84. The first-order valence-corrected chi connectivity index (χ1v) is 19.1. The van der Waals surface area contributed by atoms with Crippen molar-refractivity contribution in [1.82, 2.24) is 31.2 Å². The molecule has 308 valence electrons. The highest BCUT2D eigenvalue weighted by molar-refractivity contribution is 5.97. The molecule has 58 heavy (non-hydrogen) atoms. The van der Waals surface area contributed by atoms with E-state index in [1.54, 1.807) is 55.6 Å². The van der Waals surface area contributed by atoms with Gasteiger partial charge in [-0.1, -0.05) is 73.7 Å². The smallest absolute Gasteiger partial charge is 0.319 e. The Morgan fingerprint density at radius 3 is 2.16 bits per heavy atom. The molecule has 7 amide bonds. The molecule has 16 nitrogen and oxygen atoms in total. The van der Waals surface area contributed by atoms with Crippen LogP contribution in [-0.2, 0) is 41.6 Å². The zero-order chi connectivity index (χ0) is 42.2. The normalized spacial score (nSPS) is 12.9. The van der Waals surface area contributed by atoms with Crippen molar-refractivity contribution in [2.45, 2.75) is 83.0 Å². The largest absolute Gasteiger partial charge is 0.481 e. The van der Waals surface area contributed by atoms with Crippen molar-refractivity contribution in [2.75, 3.05) is 18.9 Å². The van der Waals surface area contributed by atoms with Crippen LogP contribution >= 0.6 is 0 Å². The van der Waals surface area contributed by atoms with Crippen molar-refractivity contribution in [1.29, 1.82) is 0 Å². The number of aryl methyl sites for hydroxylation is 1. The van der Waals surface area contributed by atoms with Crippen LogP contribution in [0.3, 0.4) is 0 Å². The lowest BCUT2D eigenvalue weighted by Crippen LogP contribution is -2.59. The predicted octanol–water partition coefficient (Wildman–Crippen LogP) is 2.90. The van der Waals surface area contributed by atoms with Gasteiger partial charge in [-0.05, 0) is 55.0 Å². The molecular formula is C42H52N8O8. The van der Waals surface area contributed by atoms with Gasteiger partial charge in [-0.2, -0.15) is 0 Å². The van der Waals surface area contributed by atoms with Crippen LogP contribution < -0.4 is 32.3 Å². The second-order valence-corrected chi connectivity index (χ2v) is 14.0. The highest BCUT2D eigenvalue weighted by atomic mass is 16.4. The maximum atomic E-state index is 14.3. The van der Waals surface area contributed by atoms with Gasteiger partial charge < -0.3 is 47.3 Å². The first-order chi connectivity index (χ1) is 27.8. The molecular weight excluding hydrogens is 745 g/mol. The van der Waals surface area contributed by atoms with Crippen LogP contribution in [0.5, 0.6) is 0 Å². The number of primary amides is 1. The molecule has 9 N–H and O–H groups in total. The Labute approximate surface area is 336 Å². The van der Waals surface area contributed by atoms with Crippen molar-refractivity contribution >= 4 is 58.1 Å². The van der Waals surface area contributed by atoms with Gasteiger partial charge in [0, 0.05) is 55.6 Å². The average Bonchev–Trinajstić information content (AvgIpc) is 3.61. The number of hydrogen-bond acceptors (Lipinski definition) is 7. The van der Waals surface area contributed by atoms with Crippen molar-refractivity contribution in [3.63, 3.8) is 0 Å². The number of benzene rings is 3.